The molecule has 0 aliphatic heterocycles. The van der Waals surface area contributed by atoms with Crippen molar-refractivity contribution >= 4 is 22.6 Å². The molecular formula is C20H21N3O2. The van der Waals surface area contributed by atoms with E-state index in [4.69, 9.17) is 0 Å². The molecule has 0 aliphatic carbocycles. The summed E-state index contributed by atoms with van der Waals surface area (Å²) in [6.07, 6.45) is 1.76. The molecule has 0 bridgehead atoms. The van der Waals surface area contributed by atoms with E-state index in [1.807, 2.05) is 44.2 Å². The van der Waals surface area contributed by atoms with Crippen LogP contribution in [0.2, 0.25) is 0 Å². The number of aromatic nitrogens is 2. The van der Waals surface area contributed by atoms with Crippen LogP contribution in [0, 0.1) is 13.8 Å². The highest BCUT2D eigenvalue weighted by atomic mass is 16.2. The topological polar surface area (TPSA) is 66.1 Å². The minimum atomic E-state index is -0.0976. The summed E-state index contributed by atoms with van der Waals surface area (Å²) in [4.78, 5) is 33.7. The second-order valence-corrected chi connectivity index (χ2v) is 6.33. The predicted octanol–water partition coefficient (Wildman–Crippen LogP) is 3.65. The molecule has 1 amide bonds. The zero-order valence-electron chi connectivity index (χ0n) is 14.9. The Morgan fingerprint density at radius 1 is 1.16 bits per heavy atom. The van der Waals surface area contributed by atoms with Crippen molar-refractivity contribution in [2.75, 3.05) is 7.05 Å². The molecule has 0 fully saturated rings. The van der Waals surface area contributed by atoms with Crippen LogP contribution in [0.3, 0.4) is 0 Å². The van der Waals surface area contributed by atoms with Crippen LogP contribution in [0.5, 0.6) is 0 Å². The molecule has 0 atom stereocenters. The molecule has 3 aromatic rings. The third-order valence-electron chi connectivity index (χ3n) is 4.49. The number of hydrogen-bond acceptors (Lipinski definition) is 3. The summed E-state index contributed by atoms with van der Waals surface area (Å²) >= 11 is 0. The summed E-state index contributed by atoms with van der Waals surface area (Å²) in [6.45, 7) is 5.60. The van der Waals surface area contributed by atoms with E-state index in [1.54, 1.807) is 18.1 Å². The van der Waals surface area contributed by atoms with Crippen LogP contribution in [0.15, 0.2) is 36.5 Å². The highest BCUT2D eigenvalue weighted by Crippen LogP contribution is 2.22. The summed E-state index contributed by atoms with van der Waals surface area (Å²) in [6, 6.07) is 9.82. The van der Waals surface area contributed by atoms with Gasteiger partial charge in [0.15, 0.2) is 5.78 Å². The summed E-state index contributed by atoms with van der Waals surface area (Å²) in [7, 11) is 1.77. The van der Waals surface area contributed by atoms with Crippen molar-refractivity contribution in [2.24, 2.45) is 0 Å². The van der Waals surface area contributed by atoms with Crippen molar-refractivity contribution in [1.29, 1.82) is 0 Å². The molecule has 0 radical (unpaired) electrons. The van der Waals surface area contributed by atoms with Crippen LogP contribution in [-0.2, 0) is 6.54 Å². The molecule has 2 heterocycles. The molecule has 1 aromatic carbocycles. The fraction of sp³-hybridized carbons (Fsp3) is 0.250. The van der Waals surface area contributed by atoms with E-state index in [9.17, 15) is 9.59 Å². The number of aromatic amines is 1. The lowest BCUT2D eigenvalue weighted by Gasteiger charge is -2.19. The number of nitrogens with zero attached hydrogens (tertiary/aromatic N) is 2. The van der Waals surface area contributed by atoms with Crippen LogP contribution < -0.4 is 0 Å². The molecule has 0 spiro atoms. The summed E-state index contributed by atoms with van der Waals surface area (Å²) in [5.41, 5.74) is 4.46. The largest absolute Gasteiger partial charge is 0.355 e. The van der Waals surface area contributed by atoms with Gasteiger partial charge in [-0.05, 0) is 37.1 Å². The molecule has 5 heteroatoms. The van der Waals surface area contributed by atoms with Gasteiger partial charge in [-0.25, -0.2) is 0 Å². The van der Waals surface area contributed by atoms with E-state index in [-0.39, 0.29) is 11.7 Å². The van der Waals surface area contributed by atoms with Gasteiger partial charge in [-0.3, -0.25) is 14.6 Å². The predicted molar refractivity (Wildman–Crippen MR) is 97.8 cm³/mol. The Hall–Kier alpha value is -2.95. The maximum absolute atomic E-state index is 12.9. The Bertz CT molecular complexity index is 967. The van der Waals surface area contributed by atoms with Crippen molar-refractivity contribution in [2.45, 2.75) is 27.3 Å². The molecule has 1 N–H and O–H groups in total. The van der Waals surface area contributed by atoms with E-state index in [1.165, 1.54) is 6.92 Å². The summed E-state index contributed by atoms with van der Waals surface area (Å²) in [5, 5.41) is 1.04. The van der Waals surface area contributed by atoms with Gasteiger partial charge in [0.05, 0.1) is 16.8 Å². The average Bonchev–Trinajstić information content (AvgIpc) is 2.89. The van der Waals surface area contributed by atoms with Crippen LogP contribution in [0.4, 0.5) is 0 Å². The highest BCUT2D eigenvalue weighted by molar-refractivity contribution is 6.02. The standard InChI is InChI=1S/C20H21N3O2/c1-12-18(13(2)22-19(12)14(3)24)20(25)23(4)11-15-7-5-9-17-16(15)8-6-10-21-17/h5-10,22H,11H2,1-4H3. The lowest BCUT2D eigenvalue weighted by atomic mass is 10.1. The average molecular weight is 335 g/mol. The smallest absolute Gasteiger partial charge is 0.256 e. The first-order valence-corrected chi connectivity index (χ1v) is 8.18. The van der Waals surface area contributed by atoms with Crippen molar-refractivity contribution in [3.63, 3.8) is 0 Å². The number of hydrogen-bond donors (Lipinski definition) is 1. The maximum Gasteiger partial charge on any atom is 0.256 e. The van der Waals surface area contributed by atoms with E-state index in [0.29, 0.717) is 23.4 Å². The second-order valence-electron chi connectivity index (χ2n) is 6.33. The number of H-pyrrole nitrogens is 1. The number of ketones is 1. The Morgan fingerprint density at radius 2 is 1.92 bits per heavy atom. The molecule has 128 valence electrons. The molecule has 3 rings (SSSR count). The Morgan fingerprint density at radius 3 is 2.60 bits per heavy atom. The molecule has 0 unspecified atom stereocenters. The molecular weight excluding hydrogens is 314 g/mol. The fourth-order valence-electron chi connectivity index (χ4n) is 3.25. The number of benzene rings is 1. The number of amides is 1. The fourth-order valence-corrected chi connectivity index (χ4v) is 3.25. The number of Topliss-reactive ketones (excluding diaryl/α,β-unsaturated/α-hetero) is 1. The maximum atomic E-state index is 12.9. The first kappa shape index (κ1) is 16.9. The molecule has 0 aliphatic rings. The Labute approximate surface area is 146 Å². The van der Waals surface area contributed by atoms with Crippen molar-refractivity contribution in [3.8, 4) is 0 Å². The van der Waals surface area contributed by atoms with Crippen LogP contribution >= 0.6 is 0 Å². The normalized spacial score (nSPS) is 10.9. The minimum absolute atomic E-state index is 0.0672. The van der Waals surface area contributed by atoms with Crippen LogP contribution in [0.1, 0.15) is 44.6 Å². The number of aryl methyl sites for hydroxylation is 1. The van der Waals surface area contributed by atoms with Gasteiger partial charge in [-0.1, -0.05) is 18.2 Å². The zero-order valence-corrected chi connectivity index (χ0v) is 14.9. The summed E-state index contributed by atoms with van der Waals surface area (Å²) < 4.78 is 0. The van der Waals surface area contributed by atoms with E-state index in [2.05, 4.69) is 9.97 Å². The number of nitrogens with one attached hydrogen (secondary N) is 1. The molecule has 5 nitrogen and oxygen atoms in total. The Kier molecular flexibility index (Phi) is 4.40. The van der Waals surface area contributed by atoms with Crippen LogP contribution in [0.25, 0.3) is 10.9 Å². The van der Waals surface area contributed by atoms with E-state index >= 15 is 0 Å². The third kappa shape index (κ3) is 3.05. The van der Waals surface area contributed by atoms with Gasteiger partial charge >= 0.3 is 0 Å². The number of fused-ring (bicyclic) bond motifs is 1. The number of rotatable bonds is 4. The third-order valence-corrected chi connectivity index (χ3v) is 4.49. The van der Waals surface area contributed by atoms with Crippen LogP contribution in [-0.4, -0.2) is 33.6 Å². The quantitative estimate of drug-likeness (QED) is 0.740. The zero-order chi connectivity index (χ0) is 18.1. The highest BCUT2D eigenvalue weighted by Gasteiger charge is 2.23. The number of carbonyl (C=O) groups is 2. The number of carbonyl (C=O) groups excluding carboxylic acids is 2. The van der Waals surface area contributed by atoms with Gasteiger partial charge in [0, 0.05) is 37.8 Å². The summed E-state index contributed by atoms with van der Waals surface area (Å²) in [5.74, 6) is -0.165. The SMILES string of the molecule is CC(=O)c1[nH]c(C)c(C(=O)N(C)Cc2cccc3ncccc23)c1C. The van der Waals surface area contributed by atoms with Crippen molar-refractivity contribution in [1.82, 2.24) is 14.9 Å². The first-order valence-electron chi connectivity index (χ1n) is 8.18. The molecule has 2 aromatic heterocycles. The monoisotopic (exact) mass is 335 g/mol. The van der Waals surface area contributed by atoms with Crippen molar-refractivity contribution in [3.05, 3.63) is 64.6 Å². The molecule has 0 saturated heterocycles. The Balaban J connectivity index is 1.92. The van der Waals surface area contributed by atoms with Gasteiger partial charge in [-0.2, -0.15) is 0 Å². The number of pyridine rings is 1. The minimum Gasteiger partial charge on any atom is -0.355 e. The second kappa shape index (κ2) is 6.51. The van der Waals surface area contributed by atoms with E-state index < -0.39 is 0 Å². The van der Waals surface area contributed by atoms with Gasteiger partial charge in [0.2, 0.25) is 0 Å². The van der Waals surface area contributed by atoms with Gasteiger partial charge < -0.3 is 9.88 Å². The molecule has 25 heavy (non-hydrogen) atoms. The van der Waals surface area contributed by atoms with Crippen molar-refractivity contribution < 1.29 is 9.59 Å². The van der Waals surface area contributed by atoms with Gasteiger partial charge in [0.1, 0.15) is 0 Å². The van der Waals surface area contributed by atoms with E-state index in [0.717, 1.165) is 22.2 Å². The lowest BCUT2D eigenvalue weighted by Crippen LogP contribution is -2.27. The van der Waals surface area contributed by atoms with Gasteiger partial charge in [-0.15, -0.1) is 0 Å². The lowest BCUT2D eigenvalue weighted by molar-refractivity contribution is 0.0784. The molecule has 0 saturated carbocycles. The van der Waals surface area contributed by atoms with Gasteiger partial charge in [0.25, 0.3) is 5.91 Å². The first-order chi connectivity index (χ1) is 11.9.